The van der Waals surface area contributed by atoms with E-state index in [0.29, 0.717) is 12.8 Å². The van der Waals surface area contributed by atoms with Gasteiger partial charge in [0.1, 0.15) is 5.78 Å². The second-order valence-electron chi connectivity index (χ2n) is 6.24. The van der Waals surface area contributed by atoms with Crippen LogP contribution in [0.1, 0.15) is 40.0 Å². The number of ketones is 1. The SMILES string of the molecule is COS(=O)(=O)C[C@@]12CC[C@@](C)(CC1=O)C2(C)C. The summed E-state index contributed by atoms with van der Waals surface area (Å²) in [6, 6.07) is 0. The van der Waals surface area contributed by atoms with Crippen LogP contribution < -0.4 is 0 Å². The lowest BCUT2D eigenvalue weighted by Crippen LogP contribution is -2.43. The van der Waals surface area contributed by atoms with Crippen LogP contribution in [-0.2, 0) is 19.1 Å². The Kier molecular flexibility index (Phi) is 2.54. The Balaban J connectivity index is 2.47. The highest BCUT2D eigenvalue weighted by atomic mass is 32.2. The van der Waals surface area contributed by atoms with Crippen LogP contribution in [0.2, 0.25) is 0 Å². The van der Waals surface area contributed by atoms with Gasteiger partial charge in [-0.3, -0.25) is 8.98 Å². The highest BCUT2D eigenvalue weighted by molar-refractivity contribution is 7.86. The van der Waals surface area contributed by atoms with Crippen LogP contribution in [0.15, 0.2) is 0 Å². The fourth-order valence-corrected chi connectivity index (χ4v) is 5.09. The average molecular weight is 260 g/mol. The second kappa shape index (κ2) is 3.32. The van der Waals surface area contributed by atoms with E-state index in [9.17, 15) is 13.2 Å². The number of rotatable bonds is 3. The molecule has 2 aliphatic carbocycles. The van der Waals surface area contributed by atoms with Crippen LogP contribution in [0.5, 0.6) is 0 Å². The zero-order chi connectivity index (χ0) is 13.1. The van der Waals surface area contributed by atoms with E-state index < -0.39 is 15.5 Å². The molecule has 0 heterocycles. The van der Waals surface area contributed by atoms with Gasteiger partial charge in [-0.2, -0.15) is 8.42 Å². The first-order valence-electron chi connectivity index (χ1n) is 5.92. The van der Waals surface area contributed by atoms with Crippen molar-refractivity contribution >= 4 is 15.9 Å². The molecule has 4 nitrogen and oxygen atoms in total. The van der Waals surface area contributed by atoms with Crippen LogP contribution in [0.4, 0.5) is 0 Å². The summed E-state index contributed by atoms with van der Waals surface area (Å²) in [6.45, 7) is 6.14. The van der Waals surface area contributed by atoms with Gasteiger partial charge in [-0.15, -0.1) is 0 Å². The summed E-state index contributed by atoms with van der Waals surface area (Å²) in [5, 5.41) is 0. The van der Waals surface area contributed by atoms with Crippen LogP contribution in [-0.4, -0.2) is 27.1 Å². The number of carbonyl (C=O) groups excluding carboxylic acids is 1. The summed E-state index contributed by atoms with van der Waals surface area (Å²) in [7, 11) is -2.44. The molecule has 0 saturated heterocycles. The third kappa shape index (κ3) is 1.45. The normalized spacial score (nSPS) is 39.9. The standard InChI is InChI=1S/C12H20O4S/c1-10(2)11(3)5-6-12(10,9(13)7-11)8-17(14,15)16-4/h5-8H2,1-4H3/t11-,12-/m0/s1. The van der Waals surface area contributed by atoms with Crippen LogP contribution in [0.3, 0.4) is 0 Å². The van der Waals surface area contributed by atoms with E-state index >= 15 is 0 Å². The van der Waals surface area contributed by atoms with Gasteiger partial charge in [-0.05, 0) is 23.7 Å². The molecule has 0 aromatic heterocycles. The first kappa shape index (κ1) is 13.0. The minimum atomic E-state index is -3.60. The topological polar surface area (TPSA) is 60.4 Å². The molecule has 0 unspecified atom stereocenters. The Morgan fingerprint density at radius 2 is 1.82 bits per heavy atom. The zero-order valence-electron chi connectivity index (χ0n) is 10.9. The lowest BCUT2D eigenvalue weighted by Gasteiger charge is -2.39. The molecule has 98 valence electrons. The van der Waals surface area contributed by atoms with Crippen molar-refractivity contribution < 1.29 is 17.4 Å². The fraction of sp³-hybridized carbons (Fsp3) is 0.917. The van der Waals surface area contributed by atoms with Gasteiger partial charge in [-0.1, -0.05) is 20.8 Å². The van der Waals surface area contributed by atoms with Gasteiger partial charge < -0.3 is 0 Å². The quantitative estimate of drug-likeness (QED) is 0.725. The summed E-state index contributed by atoms with van der Waals surface area (Å²) in [6.07, 6.45) is 2.09. The van der Waals surface area contributed by atoms with E-state index in [1.165, 1.54) is 0 Å². The molecule has 0 aromatic rings. The third-order valence-electron chi connectivity index (χ3n) is 5.57. The minimum Gasteiger partial charge on any atom is -0.299 e. The van der Waals surface area contributed by atoms with E-state index in [0.717, 1.165) is 13.5 Å². The molecule has 2 rings (SSSR count). The molecule has 5 heteroatoms. The molecule has 2 fully saturated rings. The number of Topliss-reactive ketones (excluding diaryl/α,β-unsaturated/α-hetero) is 1. The van der Waals surface area contributed by atoms with E-state index in [4.69, 9.17) is 0 Å². The van der Waals surface area contributed by atoms with Crippen molar-refractivity contribution in [3.8, 4) is 0 Å². The van der Waals surface area contributed by atoms with Crippen LogP contribution >= 0.6 is 0 Å². The Morgan fingerprint density at radius 1 is 1.24 bits per heavy atom. The molecular formula is C12H20O4S. The van der Waals surface area contributed by atoms with E-state index in [1.54, 1.807) is 0 Å². The van der Waals surface area contributed by atoms with Crippen molar-refractivity contribution in [1.82, 2.24) is 0 Å². The third-order valence-corrected chi connectivity index (χ3v) is 6.92. The molecular weight excluding hydrogens is 240 g/mol. The van der Waals surface area contributed by atoms with Gasteiger partial charge in [0.05, 0.1) is 18.3 Å². The van der Waals surface area contributed by atoms with Gasteiger partial charge in [0.15, 0.2) is 0 Å². The Labute approximate surface area is 103 Å². The van der Waals surface area contributed by atoms with Crippen LogP contribution in [0.25, 0.3) is 0 Å². The van der Waals surface area contributed by atoms with Crippen molar-refractivity contribution in [3.63, 3.8) is 0 Å². The van der Waals surface area contributed by atoms with Gasteiger partial charge in [0.25, 0.3) is 10.1 Å². The van der Waals surface area contributed by atoms with E-state index in [1.807, 2.05) is 13.8 Å². The summed E-state index contributed by atoms with van der Waals surface area (Å²) >= 11 is 0. The number of carbonyl (C=O) groups is 1. The van der Waals surface area contributed by atoms with Gasteiger partial charge in [0.2, 0.25) is 0 Å². The molecule has 2 saturated carbocycles. The maximum Gasteiger partial charge on any atom is 0.268 e. The molecule has 2 aliphatic rings. The van der Waals surface area contributed by atoms with E-state index in [-0.39, 0.29) is 22.4 Å². The summed E-state index contributed by atoms with van der Waals surface area (Å²) < 4.78 is 27.9. The number of fused-ring (bicyclic) bond motifs is 2. The molecule has 0 N–H and O–H groups in total. The van der Waals surface area contributed by atoms with Crippen LogP contribution in [0, 0.1) is 16.2 Å². The number of hydrogen-bond donors (Lipinski definition) is 0. The van der Waals surface area contributed by atoms with Gasteiger partial charge in [-0.25, -0.2) is 0 Å². The molecule has 0 aromatic carbocycles. The largest absolute Gasteiger partial charge is 0.299 e. The van der Waals surface area contributed by atoms with E-state index in [2.05, 4.69) is 11.1 Å². The lowest BCUT2D eigenvalue weighted by atomic mass is 9.66. The predicted octanol–water partition coefficient (Wildman–Crippen LogP) is 1.75. The first-order chi connectivity index (χ1) is 7.60. The highest BCUT2D eigenvalue weighted by Gasteiger charge is 2.70. The van der Waals surface area contributed by atoms with Crippen molar-refractivity contribution in [1.29, 1.82) is 0 Å². The lowest BCUT2D eigenvalue weighted by molar-refractivity contribution is -0.128. The Hall–Kier alpha value is -0.420. The second-order valence-corrected chi connectivity index (χ2v) is 7.97. The van der Waals surface area contributed by atoms with Crippen molar-refractivity contribution in [2.24, 2.45) is 16.2 Å². The maximum atomic E-state index is 12.3. The van der Waals surface area contributed by atoms with Gasteiger partial charge in [0, 0.05) is 6.42 Å². The molecule has 17 heavy (non-hydrogen) atoms. The van der Waals surface area contributed by atoms with Crippen molar-refractivity contribution in [2.45, 2.75) is 40.0 Å². The molecule has 2 bridgehead atoms. The predicted molar refractivity (Wildman–Crippen MR) is 64.0 cm³/mol. The Bertz CT molecular complexity index is 465. The maximum absolute atomic E-state index is 12.3. The highest BCUT2D eigenvalue weighted by Crippen LogP contribution is 2.70. The zero-order valence-corrected chi connectivity index (χ0v) is 11.7. The first-order valence-corrected chi connectivity index (χ1v) is 7.50. The summed E-state index contributed by atoms with van der Waals surface area (Å²) in [5.41, 5.74) is -1.08. The summed E-state index contributed by atoms with van der Waals surface area (Å²) in [4.78, 5) is 12.3. The van der Waals surface area contributed by atoms with Gasteiger partial charge >= 0.3 is 0 Å². The monoisotopic (exact) mass is 260 g/mol. The minimum absolute atomic E-state index is 0.0622. The molecule has 0 amide bonds. The fourth-order valence-electron chi connectivity index (χ4n) is 3.71. The number of hydrogen-bond acceptors (Lipinski definition) is 4. The molecule has 0 aliphatic heterocycles. The smallest absolute Gasteiger partial charge is 0.268 e. The molecule has 0 radical (unpaired) electrons. The molecule has 2 atom stereocenters. The van der Waals surface area contributed by atoms with Crippen molar-refractivity contribution in [2.75, 3.05) is 12.9 Å². The van der Waals surface area contributed by atoms with Crippen molar-refractivity contribution in [3.05, 3.63) is 0 Å². The molecule has 0 spiro atoms. The average Bonchev–Trinajstić information content (AvgIpc) is 2.46. The summed E-state index contributed by atoms with van der Waals surface area (Å²) in [5.74, 6) is -0.0744. The Morgan fingerprint density at radius 3 is 2.18 bits per heavy atom.